The molecule has 0 saturated carbocycles. The normalized spacial score (nSPS) is 19.0. The zero-order chi connectivity index (χ0) is 14.4. The Morgan fingerprint density at radius 1 is 1.45 bits per heavy atom. The van der Waals surface area contributed by atoms with Crippen LogP contribution in [-0.2, 0) is 4.79 Å². The summed E-state index contributed by atoms with van der Waals surface area (Å²) in [5.41, 5.74) is 0. The first-order chi connectivity index (χ1) is 9.65. The molecular weight excluding hydrogens is 320 g/mol. The van der Waals surface area contributed by atoms with Crippen molar-refractivity contribution in [2.45, 2.75) is 25.3 Å². The maximum Gasteiger partial charge on any atom is 0.223 e. The van der Waals surface area contributed by atoms with Crippen LogP contribution in [0.15, 0.2) is 28.7 Å². The number of ether oxygens (including phenoxy) is 1. The van der Waals surface area contributed by atoms with Gasteiger partial charge in [0.05, 0.1) is 13.0 Å². The zero-order valence-electron chi connectivity index (χ0n) is 11.8. The topological polar surface area (TPSA) is 41.6 Å². The largest absolute Gasteiger partial charge is 0.493 e. The van der Waals surface area contributed by atoms with E-state index in [1.165, 1.54) is 12.8 Å². The number of hydrogen-bond donors (Lipinski definition) is 1. The summed E-state index contributed by atoms with van der Waals surface area (Å²) in [7, 11) is 2.11. The zero-order valence-corrected chi connectivity index (χ0v) is 13.4. The fraction of sp³-hybridized carbons (Fsp3) is 0.533. The lowest BCUT2D eigenvalue weighted by molar-refractivity contribution is -0.121. The average molecular weight is 341 g/mol. The molecule has 4 nitrogen and oxygen atoms in total. The molecule has 1 saturated heterocycles. The van der Waals surface area contributed by atoms with Crippen LogP contribution in [0.2, 0.25) is 0 Å². The van der Waals surface area contributed by atoms with E-state index in [-0.39, 0.29) is 5.91 Å². The summed E-state index contributed by atoms with van der Waals surface area (Å²) in [6, 6.07) is 8.10. The van der Waals surface area contributed by atoms with Gasteiger partial charge in [-0.25, -0.2) is 0 Å². The van der Waals surface area contributed by atoms with Crippen LogP contribution in [0.3, 0.4) is 0 Å². The summed E-state index contributed by atoms with van der Waals surface area (Å²) in [5, 5.41) is 2.98. The number of halogens is 1. The molecule has 0 spiro atoms. The van der Waals surface area contributed by atoms with E-state index in [1.807, 2.05) is 24.3 Å². The Bertz CT molecular complexity index is 436. The number of likely N-dealkylation sites (tertiary alicyclic amines) is 1. The van der Waals surface area contributed by atoms with Crippen molar-refractivity contribution in [3.05, 3.63) is 28.7 Å². The summed E-state index contributed by atoms with van der Waals surface area (Å²) >= 11 is 3.37. The van der Waals surface area contributed by atoms with Gasteiger partial charge in [0.15, 0.2) is 0 Å². The molecule has 1 N–H and O–H groups in total. The first kappa shape index (κ1) is 15.3. The lowest BCUT2D eigenvalue weighted by Gasteiger charge is -2.19. The maximum absolute atomic E-state index is 11.7. The molecule has 20 heavy (non-hydrogen) atoms. The third kappa shape index (κ3) is 4.80. The number of benzene rings is 1. The Balaban J connectivity index is 1.61. The fourth-order valence-electron chi connectivity index (χ4n) is 2.35. The van der Waals surface area contributed by atoms with Crippen molar-refractivity contribution in [3.63, 3.8) is 0 Å². The molecule has 5 heteroatoms. The number of hydrogen-bond acceptors (Lipinski definition) is 3. The first-order valence-corrected chi connectivity index (χ1v) is 7.80. The number of nitrogens with one attached hydrogen (secondary N) is 1. The van der Waals surface area contributed by atoms with Gasteiger partial charge in [-0.15, -0.1) is 0 Å². The van der Waals surface area contributed by atoms with Gasteiger partial charge in [-0.05, 0) is 50.7 Å². The Kier molecular flexibility index (Phi) is 5.86. The molecule has 0 radical (unpaired) electrons. The number of rotatable bonds is 6. The van der Waals surface area contributed by atoms with E-state index in [4.69, 9.17) is 4.74 Å². The molecule has 0 aromatic heterocycles. The predicted molar refractivity (Wildman–Crippen MR) is 82.9 cm³/mol. The van der Waals surface area contributed by atoms with Crippen molar-refractivity contribution in [1.29, 1.82) is 0 Å². The molecule has 1 amide bonds. The van der Waals surface area contributed by atoms with Crippen LogP contribution in [-0.4, -0.2) is 43.6 Å². The summed E-state index contributed by atoms with van der Waals surface area (Å²) in [6.07, 6.45) is 2.79. The Labute approximate surface area is 128 Å². The van der Waals surface area contributed by atoms with E-state index in [0.29, 0.717) is 19.1 Å². The number of likely N-dealkylation sites (N-methyl/N-ethyl adjacent to an activating group) is 1. The van der Waals surface area contributed by atoms with E-state index in [0.717, 1.165) is 23.3 Å². The minimum Gasteiger partial charge on any atom is -0.493 e. The molecule has 2 rings (SSSR count). The van der Waals surface area contributed by atoms with Crippen molar-refractivity contribution in [2.24, 2.45) is 0 Å². The summed E-state index contributed by atoms with van der Waals surface area (Å²) in [6.45, 7) is 2.29. The third-order valence-electron chi connectivity index (χ3n) is 3.62. The smallest absolute Gasteiger partial charge is 0.223 e. The highest BCUT2D eigenvalue weighted by molar-refractivity contribution is 9.10. The molecule has 1 aliphatic rings. The van der Waals surface area contributed by atoms with E-state index < -0.39 is 0 Å². The van der Waals surface area contributed by atoms with Crippen LogP contribution in [0.5, 0.6) is 5.75 Å². The molecule has 1 fully saturated rings. The SMILES string of the molecule is CN1CCC[C@@H]1CNC(=O)CCOc1ccc(Br)cc1. The van der Waals surface area contributed by atoms with Gasteiger partial charge < -0.3 is 15.0 Å². The highest BCUT2D eigenvalue weighted by Gasteiger charge is 2.20. The minimum absolute atomic E-state index is 0.0578. The van der Waals surface area contributed by atoms with E-state index in [2.05, 4.69) is 33.2 Å². The monoisotopic (exact) mass is 340 g/mol. The van der Waals surface area contributed by atoms with Crippen LogP contribution >= 0.6 is 15.9 Å². The van der Waals surface area contributed by atoms with Gasteiger partial charge in [-0.2, -0.15) is 0 Å². The van der Waals surface area contributed by atoms with Gasteiger partial charge in [0.25, 0.3) is 0 Å². The van der Waals surface area contributed by atoms with Crippen LogP contribution < -0.4 is 10.1 Å². The van der Waals surface area contributed by atoms with E-state index in [1.54, 1.807) is 0 Å². The van der Waals surface area contributed by atoms with Gasteiger partial charge in [0.1, 0.15) is 5.75 Å². The molecule has 1 aromatic rings. The van der Waals surface area contributed by atoms with Crippen LogP contribution in [0.25, 0.3) is 0 Å². The Hall–Kier alpha value is -1.07. The highest BCUT2D eigenvalue weighted by atomic mass is 79.9. The second-order valence-corrected chi connectivity index (χ2v) is 6.05. The molecule has 1 aliphatic heterocycles. The van der Waals surface area contributed by atoms with Crippen molar-refractivity contribution in [3.8, 4) is 5.75 Å². The quantitative estimate of drug-likeness (QED) is 0.864. The van der Waals surface area contributed by atoms with Gasteiger partial charge in [-0.3, -0.25) is 4.79 Å². The van der Waals surface area contributed by atoms with Crippen molar-refractivity contribution in [1.82, 2.24) is 10.2 Å². The maximum atomic E-state index is 11.7. The van der Waals surface area contributed by atoms with Gasteiger partial charge >= 0.3 is 0 Å². The molecule has 110 valence electrons. The van der Waals surface area contributed by atoms with E-state index >= 15 is 0 Å². The number of nitrogens with zero attached hydrogens (tertiary/aromatic N) is 1. The second kappa shape index (κ2) is 7.64. The Morgan fingerprint density at radius 3 is 2.85 bits per heavy atom. The van der Waals surface area contributed by atoms with Gasteiger partial charge in [0.2, 0.25) is 5.91 Å². The summed E-state index contributed by atoms with van der Waals surface area (Å²) < 4.78 is 6.55. The number of carbonyl (C=O) groups is 1. The lowest BCUT2D eigenvalue weighted by atomic mass is 10.2. The fourth-order valence-corrected chi connectivity index (χ4v) is 2.61. The predicted octanol–water partition coefficient (Wildman–Crippen LogP) is 2.43. The van der Waals surface area contributed by atoms with Crippen molar-refractivity contribution >= 4 is 21.8 Å². The van der Waals surface area contributed by atoms with Gasteiger partial charge in [0, 0.05) is 17.1 Å². The standard InChI is InChI=1S/C15H21BrN2O2/c1-18-9-2-3-13(18)11-17-15(19)8-10-20-14-6-4-12(16)5-7-14/h4-7,13H,2-3,8-11H2,1H3,(H,17,19)/t13-/m1/s1. The number of amides is 1. The summed E-state index contributed by atoms with van der Waals surface area (Å²) in [4.78, 5) is 14.0. The average Bonchev–Trinajstić information content (AvgIpc) is 2.84. The second-order valence-electron chi connectivity index (χ2n) is 5.13. The van der Waals surface area contributed by atoms with Crippen LogP contribution in [0.4, 0.5) is 0 Å². The molecule has 1 atom stereocenters. The van der Waals surface area contributed by atoms with Crippen molar-refractivity contribution < 1.29 is 9.53 Å². The van der Waals surface area contributed by atoms with Crippen molar-refractivity contribution in [2.75, 3.05) is 26.7 Å². The molecule has 1 heterocycles. The van der Waals surface area contributed by atoms with Crippen LogP contribution in [0.1, 0.15) is 19.3 Å². The summed E-state index contributed by atoms with van der Waals surface area (Å²) in [5.74, 6) is 0.846. The lowest BCUT2D eigenvalue weighted by Crippen LogP contribution is -2.38. The molecule has 1 aromatic carbocycles. The molecular formula is C15H21BrN2O2. The first-order valence-electron chi connectivity index (χ1n) is 7.00. The van der Waals surface area contributed by atoms with Crippen LogP contribution in [0, 0.1) is 0 Å². The molecule has 0 bridgehead atoms. The Morgan fingerprint density at radius 2 is 2.20 bits per heavy atom. The number of carbonyl (C=O) groups excluding carboxylic acids is 1. The van der Waals surface area contributed by atoms with E-state index in [9.17, 15) is 4.79 Å². The highest BCUT2D eigenvalue weighted by Crippen LogP contribution is 2.16. The van der Waals surface area contributed by atoms with Gasteiger partial charge in [-0.1, -0.05) is 15.9 Å². The molecule has 0 unspecified atom stereocenters. The third-order valence-corrected chi connectivity index (χ3v) is 4.15. The molecule has 0 aliphatic carbocycles. The minimum atomic E-state index is 0.0578.